The van der Waals surface area contributed by atoms with Crippen LogP contribution in [0.3, 0.4) is 0 Å². The van der Waals surface area contributed by atoms with Crippen molar-refractivity contribution in [2.75, 3.05) is 18.1 Å². The van der Waals surface area contributed by atoms with Crippen LogP contribution in [0, 0.1) is 0 Å². The Balaban J connectivity index is 2.41. The summed E-state index contributed by atoms with van der Waals surface area (Å²) in [5, 5.41) is 4.76. The minimum absolute atomic E-state index is 0.109. The lowest BCUT2D eigenvalue weighted by atomic mass is 10.2. The van der Waals surface area contributed by atoms with Crippen LogP contribution in [0.1, 0.15) is 5.56 Å². The van der Waals surface area contributed by atoms with Crippen LogP contribution in [-0.2, 0) is 26.5 Å². The molecule has 7 nitrogen and oxygen atoms in total. The fraction of sp³-hybridized carbons (Fsp3) is 0.444. The van der Waals surface area contributed by atoms with Gasteiger partial charge in [-0.1, -0.05) is 0 Å². The molecule has 0 bridgehead atoms. The zero-order chi connectivity index (χ0) is 13.6. The fourth-order valence-corrected chi connectivity index (χ4v) is 2.79. The van der Waals surface area contributed by atoms with Gasteiger partial charge in [0.25, 0.3) is 0 Å². The molecule has 0 aliphatic carbocycles. The molecule has 1 rings (SSSR count). The molecule has 3 N–H and O–H groups in total. The standard InChI is InChI=1S/C9H15N3O4S2/c10-17(13,14)8-6-12-18(15,16)7-3-9-1-4-11-5-2-9/h1-2,4-5,12H,3,6-8H2,(H2,10,13,14). The highest BCUT2D eigenvalue weighted by Gasteiger charge is 2.11. The van der Waals surface area contributed by atoms with Gasteiger partial charge in [0.2, 0.25) is 20.0 Å². The van der Waals surface area contributed by atoms with Crippen LogP contribution >= 0.6 is 0 Å². The van der Waals surface area contributed by atoms with Crippen LogP contribution in [0.25, 0.3) is 0 Å². The Labute approximate surface area is 107 Å². The van der Waals surface area contributed by atoms with Crippen molar-refractivity contribution in [2.45, 2.75) is 6.42 Å². The number of nitrogens with two attached hydrogens (primary N) is 1. The van der Waals surface area contributed by atoms with Crippen LogP contribution in [0.15, 0.2) is 24.5 Å². The maximum absolute atomic E-state index is 11.5. The summed E-state index contributed by atoms with van der Waals surface area (Å²) >= 11 is 0. The number of primary sulfonamides is 1. The van der Waals surface area contributed by atoms with Gasteiger partial charge >= 0.3 is 0 Å². The van der Waals surface area contributed by atoms with Crippen LogP contribution in [-0.4, -0.2) is 39.9 Å². The molecule has 102 valence electrons. The van der Waals surface area contributed by atoms with E-state index >= 15 is 0 Å². The Kier molecular flexibility index (Phi) is 5.20. The van der Waals surface area contributed by atoms with E-state index in [1.54, 1.807) is 24.5 Å². The molecule has 0 aliphatic rings. The minimum atomic E-state index is -3.65. The lowest BCUT2D eigenvalue weighted by Crippen LogP contribution is -2.33. The summed E-state index contributed by atoms with van der Waals surface area (Å²) in [4.78, 5) is 3.82. The number of hydrogen-bond acceptors (Lipinski definition) is 5. The third-order valence-corrected chi connectivity index (χ3v) is 4.28. The number of pyridine rings is 1. The van der Waals surface area contributed by atoms with Crippen molar-refractivity contribution in [3.05, 3.63) is 30.1 Å². The summed E-state index contributed by atoms with van der Waals surface area (Å²) < 4.78 is 46.5. The van der Waals surface area contributed by atoms with Crippen molar-refractivity contribution in [1.82, 2.24) is 9.71 Å². The largest absolute Gasteiger partial charge is 0.265 e. The average Bonchev–Trinajstić information content (AvgIpc) is 2.26. The van der Waals surface area contributed by atoms with Crippen LogP contribution in [0.2, 0.25) is 0 Å². The summed E-state index contributed by atoms with van der Waals surface area (Å²) in [6.45, 7) is -0.211. The van der Waals surface area contributed by atoms with Gasteiger partial charge in [0.1, 0.15) is 0 Å². The summed E-state index contributed by atoms with van der Waals surface area (Å²) in [5.74, 6) is -0.525. The predicted octanol–water partition coefficient (Wildman–Crippen LogP) is -1.17. The zero-order valence-electron chi connectivity index (χ0n) is 9.61. The van der Waals surface area contributed by atoms with E-state index in [1.165, 1.54) is 0 Å². The average molecular weight is 293 g/mol. The Bertz CT molecular complexity index is 569. The van der Waals surface area contributed by atoms with Gasteiger partial charge < -0.3 is 0 Å². The van der Waals surface area contributed by atoms with Crippen molar-refractivity contribution in [3.63, 3.8) is 0 Å². The molecule has 0 atom stereocenters. The fourth-order valence-electron chi connectivity index (χ4n) is 1.21. The summed E-state index contributed by atoms with van der Waals surface area (Å²) in [6.07, 6.45) is 3.50. The van der Waals surface area contributed by atoms with Crippen LogP contribution in [0.4, 0.5) is 0 Å². The Morgan fingerprint density at radius 2 is 1.72 bits per heavy atom. The maximum atomic E-state index is 11.5. The first-order valence-electron chi connectivity index (χ1n) is 5.15. The Morgan fingerprint density at radius 3 is 2.28 bits per heavy atom. The molecule has 0 spiro atoms. The van der Waals surface area contributed by atoms with E-state index in [1.807, 2.05) is 0 Å². The number of hydrogen-bond donors (Lipinski definition) is 2. The molecule has 0 aliphatic heterocycles. The Morgan fingerprint density at radius 1 is 1.11 bits per heavy atom. The SMILES string of the molecule is NS(=O)(=O)CCNS(=O)(=O)CCc1ccncc1. The highest BCUT2D eigenvalue weighted by molar-refractivity contribution is 7.90. The number of aryl methyl sites for hydroxylation is 1. The summed E-state index contributed by atoms with van der Waals surface area (Å²) in [6, 6.07) is 3.44. The number of nitrogens with zero attached hydrogens (tertiary/aromatic N) is 1. The lowest BCUT2D eigenvalue weighted by molar-refractivity contribution is 0.580. The molecule has 0 saturated heterocycles. The number of rotatable bonds is 7. The molecule has 0 amide bonds. The molecule has 18 heavy (non-hydrogen) atoms. The van der Waals surface area contributed by atoms with Gasteiger partial charge in [-0.2, -0.15) is 0 Å². The first-order chi connectivity index (χ1) is 8.29. The number of aromatic nitrogens is 1. The lowest BCUT2D eigenvalue weighted by Gasteiger charge is -2.05. The normalized spacial score (nSPS) is 12.5. The van der Waals surface area contributed by atoms with E-state index in [-0.39, 0.29) is 12.3 Å². The van der Waals surface area contributed by atoms with Gasteiger partial charge in [-0.05, 0) is 24.1 Å². The molecular formula is C9H15N3O4S2. The maximum Gasteiger partial charge on any atom is 0.211 e. The monoisotopic (exact) mass is 293 g/mol. The molecule has 0 unspecified atom stereocenters. The highest BCUT2D eigenvalue weighted by Crippen LogP contribution is 1.99. The van der Waals surface area contributed by atoms with Crippen molar-refractivity contribution in [1.29, 1.82) is 0 Å². The number of sulfonamides is 2. The number of nitrogens with one attached hydrogen (secondary N) is 1. The predicted molar refractivity (Wildman–Crippen MR) is 67.7 cm³/mol. The van der Waals surface area contributed by atoms with Gasteiger partial charge in [0.15, 0.2) is 0 Å². The second kappa shape index (κ2) is 6.23. The Hall–Kier alpha value is -1.03. The van der Waals surface area contributed by atoms with Crippen molar-refractivity contribution in [2.24, 2.45) is 5.14 Å². The quantitative estimate of drug-likeness (QED) is 0.656. The molecule has 1 heterocycles. The molecule has 9 heteroatoms. The molecular weight excluding hydrogens is 278 g/mol. The summed E-state index contributed by atoms with van der Waals surface area (Å²) in [7, 11) is -7.14. The molecule has 1 aromatic rings. The molecule has 0 saturated carbocycles. The van der Waals surface area contributed by atoms with Crippen molar-refractivity contribution in [3.8, 4) is 0 Å². The van der Waals surface area contributed by atoms with E-state index in [0.29, 0.717) is 6.42 Å². The smallest absolute Gasteiger partial charge is 0.211 e. The van der Waals surface area contributed by atoms with Gasteiger partial charge in [-0.25, -0.2) is 26.7 Å². The second-order valence-electron chi connectivity index (χ2n) is 3.69. The summed E-state index contributed by atoms with van der Waals surface area (Å²) in [5.41, 5.74) is 0.849. The van der Waals surface area contributed by atoms with E-state index in [4.69, 9.17) is 5.14 Å². The topological polar surface area (TPSA) is 119 Å². The van der Waals surface area contributed by atoms with Gasteiger partial charge in [0.05, 0.1) is 11.5 Å². The third-order valence-electron chi connectivity index (χ3n) is 2.12. The van der Waals surface area contributed by atoms with Gasteiger partial charge in [-0.15, -0.1) is 0 Å². The van der Waals surface area contributed by atoms with Crippen LogP contribution in [0.5, 0.6) is 0 Å². The molecule has 0 fully saturated rings. The van der Waals surface area contributed by atoms with E-state index in [9.17, 15) is 16.8 Å². The van der Waals surface area contributed by atoms with Gasteiger partial charge in [-0.3, -0.25) is 4.98 Å². The highest BCUT2D eigenvalue weighted by atomic mass is 32.2. The van der Waals surface area contributed by atoms with Crippen molar-refractivity contribution >= 4 is 20.0 Å². The van der Waals surface area contributed by atoms with E-state index in [2.05, 4.69) is 9.71 Å². The first kappa shape index (κ1) is 15.0. The first-order valence-corrected chi connectivity index (χ1v) is 8.52. The molecule has 1 aromatic heterocycles. The third kappa shape index (κ3) is 6.64. The van der Waals surface area contributed by atoms with E-state index in [0.717, 1.165) is 5.56 Å². The van der Waals surface area contributed by atoms with Crippen molar-refractivity contribution < 1.29 is 16.8 Å². The molecule has 0 radical (unpaired) electrons. The van der Waals surface area contributed by atoms with Gasteiger partial charge in [0, 0.05) is 18.9 Å². The van der Waals surface area contributed by atoms with Crippen LogP contribution < -0.4 is 9.86 Å². The zero-order valence-corrected chi connectivity index (χ0v) is 11.2. The second-order valence-corrected chi connectivity index (χ2v) is 7.35. The molecule has 0 aromatic carbocycles. The minimum Gasteiger partial charge on any atom is -0.265 e. The van der Waals surface area contributed by atoms with E-state index < -0.39 is 25.8 Å².